The SMILES string of the molecule is CCC1CCC(c2ccc3c(c2)CCC(F)(F)O3)CC1. The van der Waals surface area contributed by atoms with E-state index in [0.717, 1.165) is 11.5 Å². The molecule has 1 saturated carbocycles. The maximum atomic E-state index is 13.2. The summed E-state index contributed by atoms with van der Waals surface area (Å²) in [7, 11) is 0. The van der Waals surface area contributed by atoms with E-state index in [9.17, 15) is 8.78 Å². The summed E-state index contributed by atoms with van der Waals surface area (Å²) in [5.74, 6) is 1.85. The van der Waals surface area contributed by atoms with Crippen LogP contribution in [0.3, 0.4) is 0 Å². The van der Waals surface area contributed by atoms with Crippen LogP contribution < -0.4 is 4.74 Å². The van der Waals surface area contributed by atoms with Crippen LogP contribution in [0.15, 0.2) is 18.2 Å². The van der Waals surface area contributed by atoms with Crippen LogP contribution in [0.5, 0.6) is 5.75 Å². The molecule has 2 aliphatic rings. The molecule has 1 nitrogen and oxygen atoms in total. The maximum absolute atomic E-state index is 13.2. The number of fused-ring (bicyclic) bond motifs is 1. The van der Waals surface area contributed by atoms with Crippen LogP contribution in [0.2, 0.25) is 0 Å². The largest absolute Gasteiger partial charge is 0.432 e. The average molecular weight is 280 g/mol. The van der Waals surface area contributed by atoms with Crippen LogP contribution in [0.25, 0.3) is 0 Å². The highest BCUT2D eigenvalue weighted by Gasteiger charge is 2.36. The van der Waals surface area contributed by atoms with Gasteiger partial charge >= 0.3 is 6.11 Å². The van der Waals surface area contributed by atoms with E-state index < -0.39 is 6.11 Å². The van der Waals surface area contributed by atoms with Crippen LogP contribution in [0, 0.1) is 5.92 Å². The van der Waals surface area contributed by atoms with E-state index in [4.69, 9.17) is 4.74 Å². The molecular weight excluding hydrogens is 258 g/mol. The highest BCUT2D eigenvalue weighted by Crippen LogP contribution is 2.40. The van der Waals surface area contributed by atoms with Gasteiger partial charge in [0.2, 0.25) is 0 Å². The number of alkyl halides is 2. The predicted octanol–water partition coefficient (Wildman–Crippen LogP) is 5.29. The minimum absolute atomic E-state index is 0.202. The Balaban J connectivity index is 1.73. The first-order valence-corrected chi connectivity index (χ1v) is 7.77. The summed E-state index contributed by atoms with van der Waals surface area (Å²) in [5.41, 5.74) is 2.26. The zero-order valence-corrected chi connectivity index (χ0v) is 12.0. The Kier molecular flexibility index (Phi) is 3.70. The van der Waals surface area contributed by atoms with Crippen LogP contribution >= 0.6 is 0 Å². The van der Waals surface area contributed by atoms with Gasteiger partial charge in [-0.05, 0) is 61.1 Å². The Morgan fingerprint density at radius 3 is 2.65 bits per heavy atom. The fourth-order valence-electron chi connectivity index (χ4n) is 3.54. The van der Waals surface area contributed by atoms with E-state index in [-0.39, 0.29) is 6.42 Å². The van der Waals surface area contributed by atoms with Crippen molar-refractivity contribution in [2.75, 3.05) is 0 Å². The molecule has 1 aliphatic carbocycles. The van der Waals surface area contributed by atoms with Gasteiger partial charge in [0, 0.05) is 0 Å². The summed E-state index contributed by atoms with van der Waals surface area (Å²) >= 11 is 0. The van der Waals surface area contributed by atoms with Crippen LogP contribution in [-0.4, -0.2) is 6.11 Å². The number of benzene rings is 1. The third-order valence-electron chi connectivity index (χ3n) is 4.92. The number of aryl methyl sites for hydroxylation is 1. The van der Waals surface area contributed by atoms with Gasteiger partial charge in [-0.3, -0.25) is 0 Å². The van der Waals surface area contributed by atoms with Crippen molar-refractivity contribution < 1.29 is 13.5 Å². The first-order valence-electron chi connectivity index (χ1n) is 7.77. The average Bonchev–Trinajstić information content (AvgIpc) is 2.46. The summed E-state index contributed by atoms with van der Waals surface area (Å²) < 4.78 is 31.2. The fourth-order valence-corrected chi connectivity index (χ4v) is 3.54. The molecule has 0 bridgehead atoms. The second-order valence-corrected chi connectivity index (χ2v) is 6.23. The van der Waals surface area contributed by atoms with Crippen molar-refractivity contribution in [1.82, 2.24) is 0 Å². The molecular formula is C17H22F2O. The van der Waals surface area contributed by atoms with Crippen molar-refractivity contribution >= 4 is 0 Å². The highest BCUT2D eigenvalue weighted by atomic mass is 19.3. The zero-order valence-electron chi connectivity index (χ0n) is 12.0. The summed E-state index contributed by atoms with van der Waals surface area (Å²) in [5, 5.41) is 0. The molecule has 0 aromatic heterocycles. The van der Waals surface area contributed by atoms with Gasteiger partial charge < -0.3 is 4.74 Å². The van der Waals surface area contributed by atoms with E-state index >= 15 is 0 Å². The summed E-state index contributed by atoms with van der Waals surface area (Å²) in [6.07, 6.45) is 3.56. The van der Waals surface area contributed by atoms with Crippen molar-refractivity contribution in [1.29, 1.82) is 0 Å². The minimum atomic E-state index is -2.99. The zero-order chi connectivity index (χ0) is 14.2. The summed E-state index contributed by atoms with van der Waals surface area (Å²) in [6.45, 7) is 2.27. The molecule has 0 radical (unpaired) electrons. The molecule has 20 heavy (non-hydrogen) atoms. The normalized spacial score (nSPS) is 28.6. The Hall–Kier alpha value is -1.12. The van der Waals surface area contributed by atoms with Crippen molar-refractivity contribution in [2.45, 2.75) is 63.9 Å². The molecule has 1 aromatic carbocycles. The van der Waals surface area contributed by atoms with Crippen LogP contribution in [0.4, 0.5) is 8.78 Å². The molecule has 0 atom stereocenters. The minimum Gasteiger partial charge on any atom is -0.432 e. The Labute approximate surface area is 119 Å². The lowest BCUT2D eigenvalue weighted by Crippen LogP contribution is -2.29. The number of halogens is 2. The number of ether oxygens (including phenoxy) is 1. The third-order valence-corrected chi connectivity index (χ3v) is 4.92. The number of rotatable bonds is 2. The molecule has 0 amide bonds. The van der Waals surface area contributed by atoms with Gasteiger partial charge in [-0.2, -0.15) is 8.78 Å². The van der Waals surface area contributed by atoms with E-state index in [2.05, 4.69) is 13.0 Å². The molecule has 1 aliphatic heterocycles. The van der Waals surface area contributed by atoms with E-state index in [1.807, 2.05) is 6.07 Å². The van der Waals surface area contributed by atoms with Crippen molar-refractivity contribution in [3.8, 4) is 5.75 Å². The topological polar surface area (TPSA) is 9.23 Å². The van der Waals surface area contributed by atoms with Gasteiger partial charge in [0.05, 0.1) is 6.42 Å². The molecule has 3 heteroatoms. The molecule has 0 unspecified atom stereocenters. The molecule has 110 valence electrons. The molecule has 0 saturated heterocycles. The highest BCUT2D eigenvalue weighted by molar-refractivity contribution is 5.40. The molecule has 0 spiro atoms. The van der Waals surface area contributed by atoms with Crippen molar-refractivity contribution in [3.05, 3.63) is 29.3 Å². The number of hydrogen-bond acceptors (Lipinski definition) is 1. The first kappa shape index (κ1) is 13.8. The standard InChI is InChI=1S/C17H22F2O/c1-2-12-3-5-13(6-4-12)14-7-8-16-15(11-14)9-10-17(18,19)20-16/h7-8,11-13H,2-6,9-10H2,1H3. The Morgan fingerprint density at radius 1 is 1.20 bits per heavy atom. The van der Waals surface area contributed by atoms with Crippen molar-refractivity contribution in [3.63, 3.8) is 0 Å². The Bertz CT molecular complexity index is 476. The second kappa shape index (κ2) is 5.34. The second-order valence-electron chi connectivity index (χ2n) is 6.23. The first-order chi connectivity index (χ1) is 9.57. The van der Waals surface area contributed by atoms with E-state index in [0.29, 0.717) is 18.1 Å². The fraction of sp³-hybridized carbons (Fsp3) is 0.647. The van der Waals surface area contributed by atoms with Gasteiger partial charge in [0.15, 0.2) is 0 Å². The van der Waals surface area contributed by atoms with Gasteiger partial charge in [-0.25, -0.2) is 0 Å². The van der Waals surface area contributed by atoms with E-state index in [1.54, 1.807) is 6.07 Å². The quantitative estimate of drug-likeness (QED) is 0.715. The molecule has 1 fully saturated rings. The predicted molar refractivity (Wildman–Crippen MR) is 75.3 cm³/mol. The lowest BCUT2D eigenvalue weighted by Gasteiger charge is -2.30. The molecule has 1 aromatic rings. The van der Waals surface area contributed by atoms with Gasteiger partial charge in [-0.1, -0.05) is 25.5 Å². The lowest BCUT2D eigenvalue weighted by molar-refractivity contribution is -0.187. The maximum Gasteiger partial charge on any atom is 0.398 e. The monoisotopic (exact) mass is 280 g/mol. The van der Waals surface area contributed by atoms with Gasteiger partial charge in [0.25, 0.3) is 0 Å². The van der Waals surface area contributed by atoms with Gasteiger partial charge in [-0.15, -0.1) is 0 Å². The molecule has 0 N–H and O–H groups in total. The lowest BCUT2D eigenvalue weighted by atomic mass is 9.77. The third kappa shape index (κ3) is 2.82. The van der Waals surface area contributed by atoms with Crippen LogP contribution in [0.1, 0.15) is 62.5 Å². The molecule has 3 rings (SSSR count). The van der Waals surface area contributed by atoms with Gasteiger partial charge in [0.1, 0.15) is 5.75 Å². The number of hydrogen-bond donors (Lipinski definition) is 0. The van der Waals surface area contributed by atoms with E-state index in [1.165, 1.54) is 37.7 Å². The summed E-state index contributed by atoms with van der Waals surface area (Å²) in [4.78, 5) is 0. The Morgan fingerprint density at radius 2 is 1.95 bits per heavy atom. The molecule has 1 heterocycles. The van der Waals surface area contributed by atoms with Crippen molar-refractivity contribution in [2.24, 2.45) is 5.92 Å². The smallest absolute Gasteiger partial charge is 0.398 e. The summed E-state index contributed by atoms with van der Waals surface area (Å²) in [6, 6.07) is 5.82. The van der Waals surface area contributed by atoms with Crippen LogP contribution in [-0.2, 0) is 6.42 Å².